The highest BCUT2D eigenvalue weighted by Crippen LogP contribution is 2.22. The molecule has 0 aliphatic heterocycles. The van der Waals surface area contributed by atoms with E-state index in [1.165, 1.54) is 18.9 Å². The first-order valence-corrected chi connectivity index (χ1v) is 15.4. The number of nitrogens with zero attached hydrogens (tertiary/aromatic N) is 4. The number of hydrogen-bond donors (Lipinski definition) is 2. The summed E-state index contributed by atoms with van der Waals surface area (Å²) in [4.78, 5) is 43.8. The number of carbonyl (C=O) groups excluding carboxylic acids is 3. The minimum absolute atomic E-state index is 0.0210. The van der Waals surface area contributed by atoms with Gasteiger partial charge in [-0.1, -0.05) is 27.5 Å². The Morgan fingerprint density at radius 1 is 0.975 bits per heavy atom. The largest absolute Gasteiger partial charge is 0.476 e. The maximum absolute atomic E-state index is 11.4. The molecule has 0 bridgehead atoms. The van der Waals surface area contributed by atoms with E-state index >= 15 is 0 Å². The number of amides is 1. The van der Waals surface area contributed by atoms with Crippen LogP contribution in [0.15, 0.2) is 5.03 Å². The fourth-order valence-corrected chi connectivity index (χ4v) is 4.51. The normalized spacial score (nSPS) is 10.7. The molecule has 0 aliphatic rings. The highest BCUT2D eigenvalue weighted by Gasteiger charge is 2.18. The van der Waals surface area contributed by atoms with E-state index in [0.29, 0.717) is 30.2 Å². The predicted molar refractivity (Wildman–Crippen MR) is 157 cm³/mol. The van der Waals surface area contributed by atoms with Gasteiger partial charge >= 0.3 is 24.0 Å². The zero-order chi connectivity index (χ0) is 30.9. The van der Waals surface area contributed by atoms with Crippen LogP contribution in [0.2, 0.25) is 5.15 Å². The number of carboxylic acid groups (broad SMARTS) is 1. The summed E-state index contributed by atoms with van der Waals surface area (Å²) >= 11 is 11.7. The number of alkyl halides is 1. The molecule has 0 unspecified atom stereocenters. The summed E-state index contributed by atoms with van der Waals surface area (Å²) in [5.41, 5.74) is -0.822. The van der Waals surface area contributed by atoms with Gasteiger partial charge in [-0.3, -0.25) is 4.79 Å². The number of methoxy groups -OCH3 is 1. The lowest BCUT2D eigenvalue weighted by Crippen LogP contribution is -2.33. The average Bonchev–Trinajstić information content (AvgIpc) is 3.47. The molecule has 0 aromatic carbocycles. The first kappa shape index (κ1) is 37.9. The Morgan fingerprint density at radius 2 is 1.55 bits per heavy atom. The molecule has 2 rings (SSSR count). The van der Waals surface area contributed by atoms with Crippen LogP contribution >= 0.6 is 62.7 Å². The van der Waals surface area contributed by atoms with Gasteiger partial charge in [0.2, 0.25) is 5.69 Å². The number of aromatic carboxylic acids is 1. The number of esters is 2. The number of hydrogen-bond acceptors (Lipinski definition) is 14. The molecule has 2 aromatic rings. The number of thioether (sulfide) groups is 1. The van der Waals surface area contributed by atoms with Gasteiger partial charge in [-0.05, 0) is 48.0 Å². The van der Waals surface area contributed by atoms with Crippen molar-refractivity contribution >= 4 is 86.8 Å². The summed E-state index contributed by atoms with van der Waals surface area (Å²) in [5.74, 6) is -1.28. The van der Waals surface area contributed by atoms with E-state index in [9.17, 15) is 19.2 Å². The Hall–Kier alpha value is -2.08. The van der Waals surface area contributed by atoms with Crippen molar-refractivity contribution in [3.63, 3.8) is 0 Å². The van der Waals surface area contributed by atoms with Gasteiger partial charge in [-0.15, -0.1) is 11.8 Å². The second-order valence-electron chi connectivity index (χ2n) is 9.27. The third-order valence-corrected chi connectivity index (χ3v) is 6.42. The number of ether oxygens (including phenoxy) is 3. The van der Waals surface area contributed by atoms with Crippen molar-refractivity contribution in [3.8, 4) is 0 Å². The van der Waals surface area contributed by atoms with E-state index in [1.54, 1.807) is 0 Å². The molecule has 226 valence electrons. The monoisotopic (exact) mass is 705 g/mol. The molecular weight excluding hydrogens is 674 g/mol. The number of nitrogens with one attached hydrogen (secondary N) is 1. The third-order valence-electron chi connectivity index (χ3n) is 3.43. The molecule has 2 heterocycles. The minimum Gasteiger partial charge on any atom is -0.476 e. The van der Waals surface area contributed by atoms with E-state index in [0.717, 1.165) is 28.8 Å². The van der Waals surface area contributed by atoms with Gasteiger partial charge in [0.05, 0.1) is 30.6 Å². The second kappa shape index (κ2) is 19.1. The van der Waals surface area contributed by atoms with Crippen LogP contribution in [0.25, 0.3) is 0 Å². The van der Waals surface area contributed by atoms with Crippen molar-refractivity contribution in [1.29, 1.82) is 0 Å². The number of carbonyl (C=O) groups is 4. The summed E-state index contributed by atoms with van der Waals surface area (Å²) in [5, 5.41) is 12.7. The van der Waals surface area contributed by atoms with Gasteiger partial charge in [0, 0.05) is 24.0 Å². The number of aromatic nitrogens is 4. The molecule has 13 nitrogen and oxygen atoms in total. The topological polar surface area (TPSA) is 180 Å². The SMILES string of the molecule is CC(C)(C)OC(=O)CCCSc1nsnc1C(=O)O.CC(C)(C)OC(=O)NCCBr.COC(=O)c1nsnc1Cl. The van der Waals surface area contributed by atoms with Crippen molar-refractivity contribution in [2.45, 2.75) is 70.6 Å². The lowest BCUT2D eigenvalue weighted by molar-refractivity contribution is -0.154. The summed E-state index contributed by atoms with van der Waals surface area (Å²) in [6.45, 7) is 11.6. The van der Waals surface area contributed by atoms with Gasteiger partial charge < -0.3 is 24.6 Å². The zero-order valence-electron chi connectivity index (χ0n) is 23.1. The van der Waals surface area contributed by atoms with Crippen molar-refractivity contribution in [2.75, 3.05) is 24.7 Å². The van der Waals surface area contributed by atoms with Crippen molar-refractivity contribution in [3.05, 3.63) is 16.5 Å². The fourth-order valence-electron chi connectivity index (χ4n) is 2.04. The van der Waals surface area contributed by atoms with Crippen LogP contribution in [0.5, 0.6) is 0 Å². The van der Waals surface area contributed by atoms with Gasteiger partial charge in [0.15, 0.2) is 10.8 Å². The first-order valence-electron chi connectivity index (χ1n) is 11.5. The van der Waals surface area contributed by atoms with Crippen LogP contribution in [0.4, 0.5) is 4.79 Å². The van der Waals surface area contributed by atoms with E-state index in [4.69, 9.17) is 26.2 Å². The molecule has 0 spiro atoms. The van der Waals surface area contributed by atoms with Crippen LogP contribution in [-0.4, -0.2) is 82.5 Å². The molecule has 2 N–H and O–H groups in total. The van der Waals surface area contributed by atoms with E-state index in [2.05, 4.69) is 43.5 Å². The minimum atomic E-state index is -1.08. The van der Waals surface area contributed by atoms with E-state index in [1.807, 2.05) is 41.5 Å². The lowest BCUT2D eigenvalue weighted by Gasteiger charge is -2.19. The maximum atomic E-state index is 11.4. The lowest BCUT2D eigenvalue weighted by atomic mass is 10.2. The molecule has 0 aliphatic carbocycles. The van der Waals surface area contributed by atoms with Crippen LogP contribution < -0.4 is 5.32 Å². The maximum Gasteiger partial charge on any atom is 0.407 e. The highest BCUT2D eigenvalue weighted by atomic mass is 79.9. The smallest absolute Gasteiger partial charge is 0.407 e. The summed E-state index contributed by atoms with van der Waals surface area (Å²) in [7, 11) is 1.26. The Bertz CT molecular complexity index is 1090. The molecule has 0 atom stereocenters. The predicted octanol–water partition coefficient (Wildman–Crippen LogP) is 5.33. The highest BCUT2D eigenvalue weighted by molar-refractivity contribution is 9.09. The molecule has 0 radical (unpaired) electrons. The number of carboxylic acids is 1. The molecule has 2 aromatic heterocycles. The quantitative estimate of drug-likeness (QED) is 0.112. The average molecular weight is 707 g/mol. The zero-order valence-corrected chi connectivity index (χ0v) is 27.9. The molecule has 1 amide bonds. The fraction of sp³-hybridized carbons (Fsp3) is 0.636. The van der Waals surface area contributed by atoms with Crippen molar-refractivity contribution in [2.24, 2.45) is 0 Å². The summed E-state index contributed by atoms with van der Waals surface area (Å²) in [6, 6.07) is 0. The summed E-state index contributed by atoms with van der Waals surface area (Å²) in [6.07, 6.45) is 0.553. The van der Waals surface area contributed by atoms with Crippen LogP contribution in [0.3, 0.4) is 0 Å². The van der Waals surface area contributed by atoms with Crippen molar-refractivity contribution < 1.29 is 38.5 Å². The van der Waals surface area contributed by atoms with Crippen LogP contribution in [0.1, 0.15) is 75.4 Å². The van der Waals surface area contributed by atoms with Gasteiger partial charge in [-0.2, -0.15) is 17.5 Å². The Balaban J connectivity index is 0.000000617. The number of halogens is 2. The molecular formula is C22H33BrClN5O8S3. The van der Waals surface area contributed by atoms with Crippen LogP contribution in [-0.2, 0) is 19.0 Å². The third kappa shape index (κ3) is 18.3. The Labute approximate surface area is 258 Å². The van der Waals surface area contributed by atoms with Gasteiger partial charge in [-0.25, -0.2) is 14.4 Å². The number of alkyl carbamates (subject to hydrolysis) is 1. The second-order valence-corrected chi connectivity index (χ2v) is 12.6. The number of rotatable bonds is 9. The van der Waals surface area contributed by atoms with Gasteiger partial charge in [0.25, 0.3) is 0 Å². The Morgan fingerprint density at radius 3 is 2.02 bits per heavy atom. The molecule has 18 heteroatoms. The van der Waals surface area contributed by atoms with E-state index < -0.39 is 23.1 Å². The summed E-state index contributed by atoms with van der Waals surface area (Å²) < 4.78 is 29.3. The van der Waals surface area contributed by atoms with Crippen molar-refractivity contribution in [1.82, 2.24) is 22.8 Å². The molecule has 0 saturated carbocycles. The molecule has 0 saturated heterocycles. The standard InChI is InChI=1S/C11H16N2O4S2.C7H14BrNO2.C4H3ClN2O2S/c1-11(2,3)17-7(14)5-4-6-18-9-8(10(15)16)12-19-13-9;1-7(2,3)11-6(10)9-5-4-8;1-9-4(8)2-3(5)7-10-6-2/h4-6H2,1-3H3,(H,15,16);4-5H2,1-3H3,(H,9,10);1H3. The van der Waals surface area contributed by atoms with Crippen LogP contribution in [0, 0.1) is 0 Å². The molecule has 0 fully saturated rings. The van der Waals surface area contributed by atoms with E-state index in [-0.39, 0.29) is 28.6 Å². The first-order chi connectivity index (χ1) is 18.5. The Kier molecular flexibility index (Phi) is 18.1. The van der Waals surface area contributed by atoms with Gasteiger partial charge in [0.1, 0.15) is 16.2 Å². The molecule has 40 heavy (non-hydrogen) atoms.